The van der Waals surface area contributed by atoms with Gasteiger partial charge in [-0.25, -0.2) is 9.78 Å². The third-order valence-electron chi connectivity index (χ3n) is 9.91. The van der Waals surface area contributed by atoms with Crippen molar-refractivity contribution in [1.29, 1.82) is 0 Å². The number of aliphatic hydroxyl groups excluding tert-OH is 2. The van der Waals surface area contributed by atoms with E-state index in [1.54, 1.807) is 11.0 Å². The Hall–Kier alpha value is -3.49. The maximum atomic E-state index is 12.8. The smallest absolute Gasteiger partial charge is 0.315 e. The van der Waals surface area contributed by atoms with Crippen LogP contribution in [-0.4, -0.2) is 113 Å². The maximum Gasteiger partial charge on any atom is 0.315 e. The van der Waals surface area contributed by atoms with E-state index >= 15 is 0 Å². The van der Waals surface area contributed by atoms with Gasteiger partial charge >= 0.3 is 6.03 Å². The van der Waals surface area contributed by atoms with Crippen LogP contribution in [0, 0.1) is 0 Å². The van der Waals surface area contributed by atoms with E-state index in [1.807, 2.05) is 17.0 Å². The molecule has 5 N–H and O–H groups in total. The number of urea groups is 1. The minimum absolute atomic E-state index is 0.0457. The van der Waals surface area contributed by atoms with Crippen molar-refractivity contribution in [2.45, 2.75) is 129 Å². The summed E-state index contributed by atoms with van der Waals surface area (Å²) in [7, 11) is 0. The first-order valence-electron chi connectivity index (χ1n) is 17.5. The first-order chi connectivity index (χ1) is 22.5. The lowest BCUT2D eigenvalue weighted by atomic mass is 10.2. The molecule has 1 aliphatic carbocycles. The number of hydrogen-bond acceptors (Lipinski definition) is 10. The largest absolute Gasteiger partial charge is 0.388 e. The second kappa shape index (κ2) is 15.2. The Labute approximate surface area is 278 Å². The highest BCUT2D eigenvalue weighted by Gasteiger charge is 2.44. The Morgan fingerprint density at radius 2 is 1.79 bits per heavy atom. The first-order valence-corrected chi connectivity index (χ1v) is 17.5. The molecule has 1 saturated heterocycles. The molecule has 14 nitrogen and oxygen atoms in total. The van der Waals surface area contributed by atoms with Crippen LogP contribution in [0.2, 0.25) is 0 Å². The van der Waals surface area contributed by atoms with E-state index in [4.69, 9.17) is 15.0 Å². The first kappa shape index (κ1) is 34.8. The SMILES string of the molecule is CCc1cnn([C@H]2C[C@@H](n3cnc4c(NC(CC)CC)nc(N5CC[C@H](NC(=O)NCCN(C(C)C)C(C)C)C5)nc43)[C@H](O)[C@@H]2O)c1. The molecule has 14 heteroatoms. The van der Waals surface area contributed by atoms with Crippen molar-refractivity contribution in [2.24, 2.45) is 0 Å². The summed E-state index contributed by atoms with van der Waals surface area (Å²) < 4.78 is 3.65. The van der Waals surface area contributed by atoms with Crippen LogP contribution in [-0.2, 0) is 6.42 Å². The molecule has 2 fully saturated rings. The van der Waals surface area contributed by atoms with Crippen molar-refractivity contribution in [1.82, 2.24) is 44.8 Å². The van der Waals surface area contributed by atoms with E-state index in [2.05, 4.69) is 79.3 Å². The molecule has 0 unspecified atom stereocenters. The summed E-state index contributed by atoms with van der Waals surface area (Å²) in [5.74, 6) is 1.20. The van der Waals surface area contributed by atoms with Crippen LogP contribution in [0.15, 0.2) is 18.7 Å². The van der Waals surface area contributed by atoms with Gasteiger partial charge in [-0.15, -0.1) is 0 Å². The van der Waals surface area contributed by atoms with Gasteiger partial charge in [0.2, 0.25) is 5.95 Å². The average Bonchev–Trinajstić information content (AvgIpc) is 3.85. The van der Waals surface area contributed by atoms with E-state index in [0.29, 0.717) is 61.1 Å². The maximum absolute atomic E-state index is 12.8. The summed E-state index contributed by atoms with van der Waals surface area (Å²) in [6.45, 7) is 17.7. The lowest BCUT2D eigenvalue weighted by molar-refractivity contribution is 0.00721. The number of carbonyl (C=O) groups excluding carboxylic acids is 1. The Bertz CT molecular complexity index is 1460. The van der Waals surface area contributed by atoms with Crippen LogP contribution < -0.4 is 20.9 Å². The van der Waals surface area contributed by atoms with Gasteiger partial charge in [-0.2, -0.15) is 15.1 Å². The van der Waals surface area contributed by atoms with Gasteiger partial charge in [0.15, 0.2) is 17.0 Å². The predicted molar refractivity (Wildman–Crippen MR) is 184 cm³/mol. The Kier molecular flexibility index (Phi) is 11.2. The lowest BCUT2D eigenvalue weighted by Gasteiger charge is -2.30. The predicted octanol–water partition coefficient (Wildman–Crippen LogP) is 3.09. The van der Waals surface area contributed by atoms with Crippen molar-refractivity contribution in [3.63, 3.8) is 0 Å². The summed E-state index contributed by atoms with van der Waals surface area (Å²) in [5.41, 5.74) is 2.31. The standard InChI is InChI=1S/C33H55N11O3/c1-8-22-16-36-44(17-22)26-15-25(28(45)29(26)46)43-19-35-27-30(37-23(9-2)10-3)39-32(40-31(27)43)41-13-11-24(18-41)38-33(47)34-12-14-42(20(4)5)21(6)7/h16-17,19-21,23-26,28-29,45-46H,8-15,18H2,1-7H3,(H2,34,38,47)(H,37,39,40)/t24-,25+,26-,28-,29+/m0/s1. The van der Waals surface area contributed by atoms with Gasteiger partial charge in [-0.05, 0) is 65.4 Å². The number of aliphatic hydroxyl groups is 2. The summed E-state index contributed by atoms with van der Waals surface area (Å²) in [4.78, 5) is 31.9. The number of aryl methyl sites for hydroxylation is 1. The topological polar surface area (TPSA) is 162 Å². The van der Waals surface area contributed by atoms with Gasteiger partial charge in [-0.3, -0.25) is 9.58 Å². The molecule has 47 heavy (non-hydrogen) atoms. The molecule has 0 radical (unpaired) electrons. The van der Waals surface area contributed by atoms with E-state index in [1.165, 1.54) is 0 Å². The van der Waals surface area contributed by atoms with Crippen LogP contribution in [0.25, 0.3) is 11.2 Å². The summed E-state index contributed by atoms with van der Waals surface area (Å²) in [6, 6.07) is 0.00617. The molecule has 3 aromatic rings. The van der Waals surface area contributed by atoms with Gasteiger partial charge in [0.05, 0.1) is 24.6 Å². The molecule has 5 atom stereocenters. The van der Waals surface area contributed by atoms with Gasteiger partial charge < -0.3 is 35.6 Å². The van der Waals surface area contributed by atoms with Crippen molar-refractivity contribution >= 4 is 29.0 Å². The summed E-state index contributed by atoms with van der Waals surface area (Å²) in [5, 5.41) is 36.6. The second-order valence-electron chi connectivity index (χ2n) is 13.6. The fourth-order valence-corrected chi connectivity index (χ4v) is 7.05. The number of fused-ring (bicyclic) bond motifs is 1. The number of hydrogen-bond donors (Lipinski definition) is 5. The zero-order valence-electron chi connectivity index (χ0n) is 29.1. The number of carbonyl (C=O) groups is 1. The molecular weight excluding hydrogens is 598 g/mol. The van der Waals surface area contributed by atoms with Crippen molar-refractivity contribution in [3.05, 3.63) is 24.3 Å². The Balaban J connectivity index is 1.34. The fourth-order valence-electron chi connectivity index (χ4n) is 7.05. The number of rotatable bonds is 14. The molecular formula is C33H55N11O3. The molecule has 2 aliphatic rings. The molecule has 2 amide bonds. The molecule has 1 aliphatic heterocycles. The Morgan fingerprint density at radius 3 is 2.45 bits per heavy atom. The van der Waals surface area contributed by atoms with Gasteiger partial charge in [0.25, 0.3) is 0 Å². The molecule has 1 saturated carbocycles. The zero-order chi connectivity index (χ0) is 33.8. The average molecular weight is 654 g/mol. The van der Waals surface area contributed by atoms with E-state index < -0.39 is 18.2 Å². The molecule has 0 spiro atoms. The Morgan fingerprint density at radius 1 is 1.06 bits per heavy atom. The second-order valence-corrected chi connectivity index (χ2v) is 13.6. The van der Waals surface area contributed by atoms with Crippen LogP contribution in [0.1, 0.15) is 91.8 Å². The molecule has 260 valence electrons. The van der Waals surface area contributed by atoms with Crippen LogP contribution in [0.4, 0.5) is 16.6 Å². The fraction of sp³-hybridized carbons (Fsp3) is 0.727. The van der Waals surface area contributed by atoms with Crippen molar-refractivity contribution < 1.29 is 15.0 Å². The number of anilines is 2. The number of nitrogens with one attached hydrogen (secondary N) is 3. The summed E-state index contributed by atoms with van der Waals surface area (Å²) >= 11 is 0. The molecule has 0 aromatic carbocycles. The van der Waals surface area contributed by atoms with Crippen LogP contribution in [0.5, 0.6) is 0 Å². The molecule has 3 aromatic heterocycles. The van der Waals surface area contributed by atoms with Crippen LogP contribution in [0.3, 0.4) is 0 Å². The monoisotopic (exact) mass is 653 g/mol. The number of amides is 2. The van der Waals surface area contributed by atoms with E-state index in [0.717, 1.165) is 37.8 Å². The zero-order valence-corrected chi connectivity index (χ0v) is 29.1. The minimum Gasteiger partial charge on any atom is -0.388 e. The van der Waals surface area contributed by atoms with Crippen molar-refractivity contribution in [3.8, 4) is 0 Å². The number of aromatic nitrogens is 6. The normalized spacial score (nSPS) is 23.3. The highest BCUT2D eigenvalue weighted by atomic mass is 16.3. The number of nitrogens with zero attached hydrogens (tertiary/aromatic N) is 8. The minimum atomic E-state index is -1.02. The van der Waals surface area contributed by atoms with Gasteiger partial charge in [0.1, 0.15) is 12.2 Å². The summed E-state index contributed by atoms with van der Waals surface area (Å²) in [6.07, 6.45) is 7.38. The third kappa shape index (κ3) is 7.65. The third-order valence-corrected chi connectivity index (χ3v) is 9.91. The number of imidazole rings is 1. The molecule has 5 rings (SSSR count). The lowest BCUT2D eigenvalue weighted by Crippen LogP contribution is -2.47. The molecule has 0 bridgehead atoms. The van der Waals surface area contributed by atoms with E-state index in [-0.39, 0.29) is 24.2 Å². The van der Waals surface area contributed by atoms with Crippen molar-refractivity contribution in [2.75, 3.05) is 36.4 Å². The molecule has 4 heterocycles. The van der Waals surface area contributed by atoms with Gasteiger partial charge in [-0.1, -0.05) is 20.8 Å². The van der Waals surface area contributed by atoms with Crippen LogP contribution >= 0.6 is 0 Å². The highest BCUT2D eigenvalue weighted by Crippen LogP contribution is 2.40. The van der Waals surface area contributed by atoms with E-state index in [9.17, 15) is 15.0 Å². The van der Waals surface area contributed by atoms with Gasteiger partial charge in [0, 0.05) is 56.5 Å². The highest BCUT2D eigenvalue weighted by molar-refractivity contribution is 5.84. The quantitative estimate of drug-likeness (QED) is 0.175.